The zero-order valence-electron chi connectivity index (χ0n) is 13.4. The molecule has 1 aromatic rings. The van der Waals surface area contributed by atoms with Gasteiger partial charge in [0.05, 0.1) is 0 Å². The van der Waals surface area contributed by atoms with E-state index in [-0.39, 0.29) is 5.56 Å². The molecule has 0 aliphatic heterocycles. The van der Waals surface area contributed by atoms with Crippen molar-refractivity contribution in [2.75, 3.05) is 7.05 Å². The molecule has 116 valence electrons. The van der Waals surface area contributed by atoms with E-state index in [0.29, 0.717) is 6.29 Å². The number of carbonyl (C=O) groups is 2. The molecule has 0 N–H and O–H groups in total. The van der Waals surface area contributed by atoms with Gasteiger partial charge in [0, 0.05) is 12.6 Å². The maximum Gasteiger partial charge on any atom is 0.411 e. The molecule has 0 fully saturated rings. The van der Waals surface area contributed by atoms with Crippen molar-refractivity contribution in [3.05, 3.63) is 35.1 Å². The maximum absolute atomic E-state index is 14.1. The molecule has 1 aromatic carbocycles. The summed E-state index contributed by atoms with van der Waals surface area (Å²) in [5, 5.41) is 0. The molecule has 0 spiro atoms. The Bertz CT molecular complexity index is 551. The Morgan fingerprint density at radius 3 is 2.33 bits per heavy atom. The fourth-order valence-electron chi connectivity index (χ4n) is 1.87. The van der Waals surface area contributed by atoms with Crippen molar-refractivity contribution in [1.29, 1.82) is 0 Å². The predicted molar refractivity (Wildman–Crippen MR) is 78.6 cm³/mol. The molecule has 0 radical (unpaired) electrons. The van der Waals surface area contributed by atoms with Crippen LogP contribution < -0.4 is 0 Å². The molecule has 0 saturated carbocycles. The molecular formula is C16H22FNO3. The summed E-state index contributed by atoms with van der Waals surface area (Å²) in [7, 11) is 1.42. The lowest BCUT2D eigenvalue weighted by molar-refractivity contribution is -0.117. The summed E-state index contributed by atoms with van der Waals surface area (Å²) in [6.07, 6.45) is -0.132. The van der Waals surface area contributed by atoms with E-state index in [1.54, 1.807) is 39.8 Å². The second-order valence-corrected chi connectivity index (χ2v) is 6.29. The number of ether oxygens (including phenoxy) is 1. The van der Waals surface area contributed by atoms with E-state index in [0.717, 1.165) is 10.5 Å². The average Bonchev–Trinajstić information content (AvgIpc) is 2.37. The number of benzene rings is 1. The van der Waals surface area contributed by atoms with Crippen LogP contribution in [0, 0.1) is 12.7 Å². The summed E-state index contributed by atoms with van der Waals surface area (Å²) in [6, 6.07) is 4.46. The van der Waals surface area contributed by atoms with Gasteiger partial charge in [0.25, 0.3) is 0 Å². The van der Waals surface area contributed by atoms with Gasteiger partial charge in [-0.05, 0) is 40.7 Å². The number of amides is 1. The van der Waals surface area contributed by atoms with E-state index in [1.165, 1.54) is 20.0 Å². The van der Waals surface area contributed by atoms with Crippen LogP contribution in [-0.2, 0) is 15.1 Å². The first-order valence-electron chi connectivity index (χ1n) is 6.71. The van der Waals surface area contributed by atoms with Gasteiger partial charge >= 0.3 is 6.09 Å². The molecule has 1 atom stereocenters. The topological polar surface area (TPSA) is 46.6 Å². The first-order valence-corrected chi connectivity index (χ1v) is 6.71. The van der Waals surface area contributed by atoms with Crippen LogP contribution in [-0.4, -0.2) is 29.9 Å². The molecule has 1 amide bonds. The highest BCUT2D eigenvalue weighted by Crippen LogP contribution is 2.29. The van der Waals surface area contributed by atoms with Crippen molar-refractivity contribution < 1.29 is 18.7 Å². The summed E-state index contributed by atoms with van der Waals surface area (Å²) in [5.41, 5.74) is -1.18. The second-order valence-electron chi connectivity index (χ2n) is 6.29. The zero-order chi connectivity index (χ0) is 16.4. The van der Waals surface area contributed by atoms with Crippen molar-refractivity contribution in [3.63, 3.8) is 0 Å². The quantitative estimate of drug-likeness (QED) is 0.803. The van der Waals surface area contributed by atoms with Gasteiger partial charge in [0.15, 0.2) is 0 Å². The van der Waals surface area contributed by atoms with Crippen LogP contribution in [0.25, 0.3) is 0 Å². The maximum atomic E-state index is 14.1. The highest BCUT2D eigenvalue weighted by atomic mass is 19.1. The largest absolute Gasteiger partial charge is 0.444 e. The number of halogens is 1. The summed E-state index contributed by atoms with van der Waals surface area (Å²) in [5.74, 6) is -0.536. The van der Waals surface area contributed by atoms with Crippen molar-refractivity contribution in [1.82, 2.24) is 4.90 Å². The molecule has 0 bridgehead atoms. The number of hydrogen-bond acceptors (Lipinski definition) is 3. The number of carbonyl (C=O) groups excluding carboxylic acids is 2. The van der Waals surface area contributed by atoms with E-state index in [9.17, 15) is 14.0 Å². The number of rotatable bonds is 3. The summed E-state index contributed by atoms with van der Waals surface area (Å²) in [6.45, 7) is 8.46. The summed E-state index contributed by atoms with van der Waals surface area (Å²) in [4.78, 5) is 24.9. The number of likely N-dealkylation sites (N-methyl/N-ethyl adjacent to an activating group) is 1. The minimum Gasteiger partial charge on any atom is -0.444 e. The molecule has 4 nitrogen and oxygen atoms in total. The van der Waals surface area contributed by atoms with Crippen LogP contribution in [0.4, 0.5) is 9.18 Å². The molecule has 21 heavy (non-hydrogen) atoms. The van der Waals surface area contributed by atoms with E-state index in [1.807, 2.05) is 0 Å². The van der Waals surface area contributed by atoms with Crippen LogP contribution in [0.1, 0.15) is 38.8 Å². The van der Waals surface area contributed by atoms with Crippen molar-refractivity contribution >= 4 is 12.4 Å². The lowest BCUT2D eigenvalue weighted by atomic mass is 9.90. The number of aldehydes is 1. The van der Waals surface area contributed by atoms with Gasteiger partial charge in [0.1, 0.15) is 23.2 Å². The molecule has 0 aliphatic carbocycles. The Balaban J connectivity index is 3.23. The van der Waals surface area contributed by atoms with Gasteiger partial charge in [-0.1, -0.05) is 17.7 Å². The number of nitrogens with zero attached hydrogens (tertiary/aromatic N) is 1. The summed E-state index contributed by atoms with van der Waals surface area (Å²) < 4.78 is 19.3. The monoisotopic (exact) mass is 295 g/mol. The van der Waals surface area contributed by atoms with E-state index < -0.39 is 23.1 Å². The average molecular weight is 295 g/mol. The SMILES string of the molecule is Cc1ccc(F)c(C(C)(C=O)N(C)C(=O)OC(C)(C)C)c1. The number of hydrogen-bond donors (Lipinski definition) is 0. The predicted octanol–water partition coefficient (Wildman–Crippen LogP) is 3.42. The fraction of sp³-hybridized carbons (Fsp3) is 0.500. The van der Waals surface area contributed by atoms with Gasteiger partial charge in [-0.3, -0.25) is 4.90 Å². The van der Waals surface area contributed by atoms with Gasteiger partial charge in [-0.15, -0.1) is 0 Å². The molecule has 1 rings (SSSR count). The molecular weight excluding hydrogens is 273 g/mol. The molecule has 0 aliphatic rings. The van der Waals surface area contributed by atoms with Crippen molar-refractivity contribution in [3.8, 4) is 0 Å². The van der Waals surface area contributed by atoms with Crippen molar-refractivity contribution in [2.45, 2.75) is 45.8 Å². The van der Waals surface area contributed by atoms with Gasteiger partial charge < -0.3 is 9.53 Å². The third-order valence-corrected chi connectivity index (χ3v) is 3.26. The Morgan fingerprint density at radius 2 is 1.86 bits per heavy atom. The molecule has 1 unspecified atom stereocenters. The van der Waals surface area contributed by atoms with E-state index >= 15 is 0 Å². The zero-order valence-corrected chi connectivity index (χ0v) is 13.4. The standard InChI is InChI=1S/C16H22FNO3/c1-11-7-8-13(17)12(9-11)16(5,10-19)18(6)14(20)21-15(2,3)4/h7-10H,1-6H3. The third kappa shape index (κ3) is 3.80. The molecule has 0 heterocycles. The number of aryl methyl sites for hydroxylation is 1. The third-order valence-electron chi connectivity index (χ3n) is 3.26. The Labute approximate surface area is 124 Å². The van der Waals surface area contributed by atoms with Crippen LogP contribution in [0.15, 0.2) is 18.2 Å². The Morgan fingerprint density at radius 1 is 1.29 bits per heavy atom. The van der Waals surface area contributed by atoms with Crippen LogP contribution in [0.3, 0.4) is 0 Å². The molecule has 0 saturated heterocycles. The van der Waals surface area contributed by atoms with Gasteiger partial charge in [0.2, 0.25) is 0 Å². The lowest BCUT2D eigenvalue weighted by Gasteiger charge is -2.36. The van der Waals surface area contributed by atoms with Crippen LogP contribution >= 0.6 is 0 Å². The lowest BCUT2D eigenvalue weighted by Crippen LogP contribution is -2.48. The normalized spacial score (nSPS) is 14.2. The smallest absolute Gasteiger partial charge is 0.411 e. The van der Waals surface area contributed by atoms with Crippen LogP contribution in [0.5, 0.6) is 0 Å². The second kappa shape index (κ2) is 5.84. The van der Waals surface area contributed by atoms with Gasteiger partial charge in [-0.25, -0.2) is 9.18 Å². The molecule has 5 heteroatoms. The summed E-state index contributed by atoms with van der Waals surface area (Å²) >= 11 is 0. The van der Waals surface area contributed by atoms with Crippen molar-refractivity contribution in [2.24, 2.45) is 0 Å². The highest BCUT2D eigenvalue weighted by molar-refractivity contribution is 5.78. The molecule has 0 aromatic heterocycles. The van der Waals surface area contributed by atoms with E-state index in [4.69, 9.17) is 4.74 Å². The Kier molecular flexibility index (Phi) is 4.76. The Hall–Kier alpha value is -1.91. The first-order chi connectivity index (χ1) is 9.51. The fourth-order valence-corrected chi connectivity index (χ4v) is 1.87. The van der Waals surface area contributed by atoms with Crippen LogP contribution in [0.2, 0.25) is 0 Å². The van der Waals surface area contributed by atoms with Gasteiger partial charge in [-0.2, -0.15) is 0 Å². The highest BCUT2D eigenvalue weighted by Gasteiger charge is 2.38. The minimum atomic E-state index is -1.43. The first kappa shape index (κ1) is 17.1. The van der Waals surface area contributed by atoms with E-state index in [2.05, 4.69) is 0 Å². The minimum absolute atomic E-state index is 0.144.